The molecule has 1 aromatic rings. The van der Waals surface area contributed by atoms with Gasteiger partial charge in [0.1, 0.15) is 5.15 Å². The van der Waals surface area contributed by atoms with Gasteiger partial charge in [-0.15, -0.1) is 0 Å². The Morgan fingerprint density at radius 1 is 1.67 bits per heavy atom. The monoisotopic (exact) mass is 183 g/mol. The molecule has 0 radical (unpaired) electrons. The molecule has 0 fully saturated rings. The molecule has 0 unspecified atom stereocenters. The Hall–Kier alpha value is -1.35. The van der Waals surface area contributed by atoms with Gasteiger partial charge in [-0.25, -0.2) is 9.78 Å². The first kappa shape index (κ1) is 8.74. The van der Waals surface area contributed by atoms with Crippen molar-refractivity contribution in [3.05, 3.63) is 41.9 Å². The predicted molar refractivity (Wildman–Crippen MR) is 44.9 cm³/mol. The summed E-state index contributed by atoms with van der Waals surface area (Å²) < 4.78 is 4.51. The summed E-state index contributed by atoms with van der Waals surface area (Å²) in [7, 11) is 0. The van der Waals surface area contributed by atoms with Gasteiger partial charge in [0.05, 0.1) is 11.8 Å². The third kappa shape index (κ3) is 2.07. The van der Waals surface area contributed by atoms with Gasteiger partial charge in [0.25, 0.3) is 0 Å². The van der Waals surface area contributed by atoms with Crippen LogP contribution in [0.5, 0.6) is 0 Å². The highest BCUT2D eigenvalue weighted by Crippen LogP contribution is 2.06. The Labute approximate surface area is 74.6 Å². The fraction of sp³-hybridized carbons (Fsp3) is 0. The maximum Gasteiger partial charge on any atom is 0.344 e. The first-order valence-electron chi connectivity index (χ1n) is 3.17. The second-order valence-electron chi connectivity index (χ2n) is 1.94. The first-order valence-corrected chi connectivity index (χ1v) is 3.55. The maximum atomic E-state index is 11.0. The lowest BCUT2D eigenvalue weighted by molar-refractivity contribution is 0.0664. The molecule has 1 aromatic heterocycles. The number of hydrogen-bond acceptors (Lipinski definition) is 3. The number of nitrogens with zero attached hydrogens (tertiary/aromatic N) is 1. The number of pyridine rings is 1. The van der Waals surface area contributed by atoms with Crippen molar-refractivity contribution in [1.29, 1.82) is 0 Å². The molecule has 4 heteroatoms. The van der Waals surface area contributed by atoms with Gasteiger partial charge in [0.15, 0.2) is 0 Å². The minimum Gasteiger partial charge on any atom is -0.431 e. The van der Waals surface area contributed by atoms with E-state index in [1.807, 2.05) is 0 Å². The molecule has 1 rings (SSSR count). The van der Waals surface area contributed by atoms with E-state index in [1.165, 1.54) is 18.3 Å². The SMILES string of the molecule is C=COC(=O)c1ccc(Cl)nc1. The van der Waals surface area contributed by atoms with Crippen LogP contribution in [0.1, 0.15) is 10.4 Å². The fourth-order valence-electron chi connectivity index (χ4n) is 0.640. The van der Waals surface area contributed by atoms with Gasteiger partial charge < -0.3 is 4.74 Å². The molecule has 62 valence electrons. The Bertz CT molecular complexity index is 294. The molecule has 0 aliphatic rings. The maximum absolute atomic E-state index is 11.0. The third-order valence-corrected chi connectivity index (χ3v) is 1.38. The van der Waals surface area contributed by atoms with Crippen LogP contribution in [-0.2, 0) is 4.74 Å². The van der Waals surface area contributed by atoms with Gasteiger partial charge >= 0.3 is 5.97 Å². The average Bonchev–Trinajstić information content (AvgIpc) is 2.06. The van der Waals surface area contributed by atoms with Crippen LogP contribution in [0.25, 0.3) is 0 Å². The largest absolute Gasteiger partial charge is 0.431 e. The summed E-state index contributed by atoms with van der Waals surface area (Å²) in [4.78, 5) is 14.7. The van der Waals surface area contributed by atoms with Crippen LogP contribution in [-0.4, -0.2) is 11.0 Å². The van der Waals surface area contributed by atoms with Crippen molar-refractivity contribution < 1.29 is 9.53 Å². The molecule has 0 N–H and O–H groups in total. The van der Waals surface area contributed by atoms with E-state index in [9.17, 15) is 4.79 Å². The number of carbonyl (C=O) groups excluding carboxylic acids is 1. The van der Waals surface area contributed by atoms with Crippen LogP contribution in [0.2, 0.25) is 5.15 Å². The van der Waals surface area contributed by atoms with Crippen molar-refractivity contribution >= 4 is 17.6 Å². The normalized spacial score (nSPS) is 9.08. The molecule has 0 aliphatic carbocycles. The second kappa shape index (κ2) is 3.88. The number of aromatic nitrogens is 1. The van der Waals surface area contributed by atoms with Gasteiger partial charge in [-0.3, -0.25) is 0 Å². The van der Waals surface area contributed by atoms with E-state index in [1.54, 1.807) is 0 Å². The van der Waals surface area contributed by atoms with Crippen LogP contribution in [0.15, 0.2) is 31.2 Å². The lowest BCUT2D eigenvalue weighted by Gasteiger charge is -1.96. The quantitative estimate of drug-likeness (QED) is 0.400. The summed E-state index contributed by atoms with van der Waals surface area (Å²) in [5.74, 6) is -0.492. The Kier molecular flexibility index (Phi) is 2.82. The minimum absolute atomic E-state index is 0.338. The van der Waals surface area contributed by atoms with E-state index in [4.69, 9.17) is 11.6 Å². The average molecular weight is 184 g/mol. The van der Waals surface area contributed by atoms with Crippen molar-refractivity contribution in [2.24, 2.45) is 0 Å². The van der Waals surface area contributed by atoms with Crippen molar-refractivity contribution in [3.8, 4) is 0 Å². The van der Waals surface area contributed by atoms with E-state index in [0.29, 0.717) is 10.7 Å². The molecule has 0 aromatic carbocycles. The summed E-state index contributed by atoms with van der Waals surface area (Å²) in [6.45, 7) is 3.25. The molecule has 1 heterocycles. The fourth-order valence-corrected chi connectivity index (χ4v) is 0.752. The molecule has 0 saturated carbocycles. The molecular weight excluding hydrogens is 178 g/mol. The molecule has 3 nitrogen and oxygen atoms in total. The Morgan fingerprint density at radius 3 is 2.92 bits per heavy atom. The smallest absolute Gasteiger partial charge is 0.344 e. The number of carbonyl (C=O) groups is 1. The molecule has 0 spiro atoms. The zero-order chi connectivity index (χ0) is 8.97. The van der Waals surface area contributed by atoms with Gasteiger partial charge in [-0.2, -0.15) is 0 Å². The lowest BCUT2D eigenvalue weighted by Crippen LogP contribution is -2.00. The molecule has 12 heavy (non-hydrogen) atoms. The number of esters is 1. The van der Waals surface area contributed by atoms with E-state index < -0.39 is 5.97 Å². The van der Waals surface area contributed by atoms with E-state index >= 15 is 0 Å². The van der Waals surface area contributed by atoms with Gasteiger partial charge in [-0.1, -0.05) is 18.2 Å². The number of ether oxygens (including phenoxy) is 1. The summed E-state index contributed by atoms with van der Waals surface area (Å²) >= 11 is 5.51. The summed E-state index contributed by atoms with van der Waals surface area (Å²) in [5.41, 5.74) is 0.347. The molecular formula is C8H6ClNO2. The van der Waals surface area contributed by atoms with Crippen molar-refractivity contribution in [2.45, 2.75) is 0 Å². The molecule has 0 saturated heterocycles. The molecule has 0 bridgehead atoms. The highest BCUT2D eigenvalue weighted by atomic mass is 35.5. The van der Waals surface area contributed by atoms with Gasteiger partial charge in [-0.05, 0) is 12.1 Å². The van der Waals surface area contributed by atoms with Crippen LogP contribution < -0.4 is 0 Å². The molecule has 0 aliphatic heterocycles. The van der Waals surface area contributed by atoms with Crippen molar-refractivity contribution in [1.82, 2.24) is 4.98 Å². The van der Waals surface area contributed by atoms with Gasteiger partial charge in [0, 0.05) is 6.20 Å². The van der Waals surface area contributed by atoms with Crippen LogP contribution in [0.3, 0.4) is 0 Å². The summed E-state index contributed by atoms with van der Waals surface area (Å²) in [6.07, 6.45) is 2.41. The van der Waals surface area contributed by atoms with Crippen molar-refractivity contribution in [2.75, 3.05) is 0 Å². The van der Waals surface area contributed by atoms with E-state index in [2.05, 4.69) is 16.3 Å². The topological polar surface area (TPSA) is 39.2 Å². The van der Waals surface area contributed by atoms with Crippen LogP contribution >= 0.6 is 11.6 Å². The number of halogens is 1. The zero-order valence-corrected chi connectivity index (χ0v) is 6.91. The summed E-state index contributed by atoms with van der Waals surface area (Å²) in [6, 6.07) is 3.04. The lowest BCUT2D eigenvalue weighted by atomic mass is 10.3. The van der Waals surface area contributed by atoms with Crippen LogP contribution in [0, 0.1) is 0 Å². The predicted octanol–water partition coefficient (Wildman–Crippen LogP) is 2.04. The first-order chi connectivity index (χ1) is 5.74. The van der Waals surface area contributed by atoms with E-state index in [0.717, 1.165) is 6.26 Å². The Balaban J connectivity index is 2.82. The summed E-state index contributed by atoms with van der Waals surface area (Å²) in [5, 5.41) is 0.338. The second-order valence-corrected chi connectivity index (χ2v) is 2.33. The minimum atomic E-state index is -0.492. The number of hydrogen-bond donors (Lipinski definition) is 0. The molecule has 0 amide bonds. The zero-order valence-electron chi connectivity index (χ0n) is 6.16. The Morgan fingerprint density at radius 2 is 2.42 bits per heavy atom. The highest BCUT2D eigenvalue weighted by molar-refractivity contribution is 6.29. The number of rotatable bonds is 2. The third-order valence-electron chi connectivity index (χ3n) is 1.15. The van der Waals surface area contributed by atoms with E-state index in [-0.39, 0.29) is 0 Å². The van der Waals surface area contributed by atoms with Gasteiger partial charge in [0.2, 0.25) is 0 Å². The standard InChI is InChI=1S/C8H6ClNO2/c1-2-12-8(11)6-3-4-7(9)10-5-6/h2-5H,1H2. The molecule has 0 atom stereocenters. The highest BCUT2D eigenvalue weighted by Gasteiger charge is 2.04. The van der Waals surface area contributed by atoms with Crippen molar-refractivity contribution in [3.63, 3.8) is 0 Å². The van der Waals surface area contributed by atoms with Crippen LogP contribution in [0.4, 0.5) is 0 Å².